The highest BCUT2D eigenvalue weighted by molar-refractivity contribution is 6.03. The van der Waals surface area contributed by atoms with Gasteiger partial charge in [0.05, 0.1) is 12.7 Å². The van der Waals surface area contributed by atoms with Crippen molar-refractivity contribution in [3.8, 4) is 11.5 Å². The van der Waals surface area contributed by atoms with Gasteiger partial charge in [-0.3, -0.25) is 14.4 Å². The Labute approximate surface area is 162 Å². The molecule has 2 aromatic rings. The number of hydrogen-bond acceptors (Lipinski definition) is 7. The van der Waals surface area contributed by atoms with E-state index in [1.165, 1.54) is 52.1 Å². The molecule has 0 aromatic heterocycles. The Morgan fingerprint density at radius 1 is 0.750 bits per heavy atom. The first kappa shape index (κ1) is 20.8. The molecule has 0 aliphatic heterocycles. The molecule has 0 spiro atoms. The normalized spacial score (nSPS) is 10.7. The smallest absolute Gasteiger partial charge is 0.341 e. The molecule has 0 saturated heterocycles. The van der Waals surface area contributed by atoms with Crippen LogP contribution in [-0.2, 0) is 14.3 Å². The molecule has 0 amide bonds. The van der Waals surface area contributed by atoms with E-state index in [2.05, 4.69) is 4.74 Å². The van der Waals surface area contributed by atoms with Gasteiger partial charge in [-0.1, -0.05) is 24.3 Å². The molecule has 0 aliphatic carbocycles. The molecule has 0 saturated carbocycles. The third-order valence-corrected chi connectivity index (χ3v) is 3.98. The summed E-state index contributed by atoms with van der Waals surface area (Å²) in [7, 11) is 1.20. The van der Waals surface area contributed by atoms with Crippen LogP contribution in [0.1, 0.15) is 41.5 Å². The van der Waals surface area contributed by atoms with Gasteiger partial charge in [0.15, 0.2) is 11.2 Å². The number of benzene rings is 2. The molecule has 7 heteroatoms. The monoisotopic (exact) mass is 384 g/mol. The average Bonchev–Trinajstić information content (AvgIpc) is 2.67. The fourth-order valence-electron chi connectivity index (χ4n) is 2.22. The van der Waals surface area contributed by atoms with E-state index in [1.54, 1.807) is 24.3 Å². The van der Waals surface area contributed by atoms with E-state index in [0.717, 1.165) is 0 Å². The molecule has 2 rings (SSSR count). The lowest BCUT2D eigenvalue weighted by Gasteiger charge is -2.21. The number of carbonyl (C=O) groups excluding carboxylic acids is 4. The number of methoxy groups -OCH3 is 1. The van der Waals surface area contributed by atoms with Crippen molar-refractivity contribution in [2.75, 3.05) is 7.11 Å². The second kappa shape index (κ2) is 8.47. The summed E-state index contributed by atoms with van der Waals surface area (Å²) in [5.41, 5.74) is -1.44. The minimum absolute atomic E-state index is 0.0376. The number of ketones is 1. The average molecular weight is 384 g/mol. The van der Waals surface area contributed by atoms with E-state index in [0.29, 0.717) is 0 Å². The van der Waals surface area contributed by atoms with Crippen molar-refractivity contribution in [3.05, 3.63) is 59.7 Å². The van der Waals surface area contributed by atoms with Crippen LogP contribution in [0.3, 0.4) is 0 Å². The summed E-state index contributed by atoms with van der Waals surface area (Å²) in [6.45, 7) is 4.00. The molecule has 0 unspecified atom stereocenters. The first-order valence-electron chi connectivity index (χ1n) is 8.40. The van der Waals surface area contributed by atoms with Crippen molar-refractivity contribution in [2.45, 2.75) is 20.8 Å². The Morgan fingerprint density at radius 2 is 1.18 bits per heavy atom. The zero-order valence-electron chi connectivity index (χ0n) is 16.0. The largest absolute Gasteiger partial charge is 0.465 e. The molecular formula is C21H20O7. The van der Waals surface area contributed by atoms with Gasteiger partial charge in [0.2, 0.25) is 0 Å². The van der Waals surface area contributed by atoms with Crippen molar-refractivity contribution in [1.29, 1.82) is 0 Å². The molecule has 0 bridgehead atoms. The van der Waals surface area contributed by atoms with E-state index < -0.39 is 23.3 Å². The van der Waals surface area contributed by atoms with Crippen molar-refractivity contribution < 1.29 is 33.4 Å². The molecule has 0 heterocycles. The molecule has 0 fully saturated rings. The summed E-state index contributed by atoms with van der Waals surface area (Å²) in [6, 6.07) is 12.2. The number of hydrogen-bond donors (Lipinski definition) is 0. The van der Waals surface area contributed by atoms with Crippen LogP contribution in [0.15, 0.2) is 48.5 Å². The van der Waals surface area contributed by atoms with Crippen LogP contribution in [0.5, 0.6) is 11.5 Å². The molecular weight excluding hydrogens is 364 g/mol. The Kier molecular flexibility index (Phi) is 6.30. The number of rotatable bonds is 6. The molecule has 2 aromatic carbocycles. The van der Waals surface area contributed by atoms with Crippen LogP contribution in [0.2, 0.25) is 0 Å². The van der Waals surface area contributed by atoms with Gasteiger partial charge in [-0.25, -0.2) is 4.79 Å². The third-order valence-electron chi connectivity index (χ3n) is 3.98. The van der Waals surface area contributed by atoms with Crippen LogP contribution in [0.4, 0.5) is 0 Å². The van der Waals surface area contributed by atoms with Gasteiger partial charge < -0.3 is 14.2 Å². The third kappa shape index (κ3) is 4.43. The highest BCUT2D eigenvalue weighted by atomic mass is 16.6. The number of carbonyl (C=O) groups is 4. The molecule has 146 valence electrons. The maximum atomic E-state index is 12.6. The molecule has 0 atom stereocenters. The lowest BCUT2D eigenvalue weighted by Crippen LogP contribution is -2.40. The standard InChI is InChI=1S/C21H20O7/c1-13(22)14-9-5-7-11-16(14)27-19(24)21(2,3)20(25)28-17-12-8-6-10-15(17)18(23)26-4/h5-12H,1-4H3. The van der Waals surface area contributed by atoms with Crippen LogP contribution < -0.4 is 9.47 Å². The number of esters is 3. The highest BCUT2D eigenvalue weighted by Gasteiger charge is 2.41. The van der Waals surface area contributed by atoms with Gasteiger partial charge in [0.1, 0.15) is 17.1 Å². The van der Waals surface area contributed by atoms with Gasteiger partial charge in [0, 0.05) is 0 Å². The lowest BCUT2D eigenvalue weighted by molar-refractivity contribution is -0.158. The van der Waals surface area contributed by atoms with Crippen molar-refractivity contribution >= 4 is 23.7 Å². The van der Waals surface area contributed by atoms with Crippen molar-refractivity contribution in [2.24, 2.45) is 5.41 Å². The molecule has 0 N–H and O–H groups in total. The maximum Gasteiger partial charge on any atom is 0.341 e. The van der Waals surface area contributed by atoms with Crippen LogP contribution in [0.25, 0.3) is 0 Å². The van der Waals surface area contributed by atoms with E-state index in [4.69, 9.17) is 9.47 Å². The van der Waals surface area contributed by atoms with E-state index in [1.807, 2.05) is 0 Å². The van der Waals surface area contributed by atoms with Gasteiger partial charge in [-0.15, -0.1) is 0 Å². The molecule has 0 aliphatic rings. The fourth-order valence-corrected chi connectivity index (χ4v) is 2.22. The predicted molar refractivity (Wildman–Crippen MR) is 99.3 cm³/mol. The van der Waals surface area contributed by atoms with Crippen LogP contribution in [0, 0.1) is 5.41 Å². The van der Waals surface area contributed by atoms with Gasteiger partial charge in [-0.2, -0.15) is 0 Å². The second-order valence-corrected chi connectivity index (χ2v) is 6.44. The first-order valence-corrected chi connectivity index (χ1v) is 8.40. The Morgan fingerprint density at radius 3 is 1.64 bits per heavy atom. The Bertz CT molecular complexity index is 928. The van der Waals surface area contributed by atoms with Gasteiger partial charge >= 0.3 is 17.9 Å². The summed E-state index contributed by atoms with van der Waals surface area (Å²) in [5.74, 6) is -2.77. The number of Topliss-reactive ketones (excluding diaryl/α,β-unsaturated/α-hetero) is 1. The minimum Gasteiger partial charge on any atom is -0.465 e. The quantitative estimate of drug-likeness (QED) is 0.326. The minimum atomic E-state index is -1.70. The van der Waals surface area contributed by atoms with E-state index in [-0.39, 0.29) is 28.4 Å². The molecule has 7 nitrogen and oxygen atoms in total. The zero-order valence-corrected chi connectivity index (χ0v) is 16.0. The lowest BCUT2D eigenvalue weighted by atomic mass is 9.94. The zero-order chi connectivity index (χ0) is 20.9. The first-order chi connectivity index (χ1) is 13.2. The second-order valence-electron chi connectivity index (χ2n) is 6.44. The molecule has 28 heavy (non-hydrogen) atoms. The molecule has 0 radical (unpaired) electrons. The summed E-state index contributed by atoms with van der Waals surface area (Å²) in [5, 5.41) is 0. The number of ether oxygens (including phenoxy) is 3. The van der Waals surface area contributed by atoms with Crippen LogP contribution in [-0.4, -0.2) is 30.8 Å². The van der Waals surface area contributed by atoms with Gasteiger partial charge in [-0.05, 0) is 45.0 Å². The van der Waals surface area contributed by atoms with Crippen molar-refractivity contribution in [1.82, 2.24) is 0 Å². The fraction of sp³-hybridized carbons (Fsp3) is 0.238. The topological polar surface area (TPSA) is 96.0 Å². The van der Waals surface area contributed by atoms with Crippen molar-refractivity contribution in [3.63, 3.8) is 0 Å². The van der Waals surface area contributed by atoms with E-state index in [9.17, 15) is 19.2 Å². The van der Waals surface area contributed by atoms with Crippen LogP contribution >= 0.6 is 0 Å². The highest BCUT2D eigenvalue weighted by Crippen LogP contribution is 2.27. The summed E-state index contributed by atoms with van der Waals surface area (Å²) in [4.78, 5) is 48.7. The summed E-state index contributed by atoms with van der Waals surface area (Å²) < 4.78 is 15.2. The Balaban J connectivity index is 2.23. The van der Waals surface area contributed by atoms with E-state index >= 15 is 0 Å². The number of para-hydroxylation sites is 2. The summed E-state index contributed by atoms with van der Waals surface area (Å²) in [6.07, 6.45) is 0. The maximum absolute atomic E-state index is 12.6. The summed E-state index contributed by atoms with van der Waals surface area (Å²) >= 11 is 0. The SMILES string of the molecule is COC(=O)c1ccccc1OC(=O)C(C)(C)C(=O)Oc1ccccc1C(C)=O. The van der Waals surface area contributed by atoms with Gasteiger partial charge in [0.25, 0.3) is 0 Å². The predicted octanol–water partition coefficient (Wildman–Crippen LogP) is 3.21. The Hall–Kier alpha value is -3.48.